The normalized spacial score (nSPS) is 16.5. The fraction of sp³-hybridized carbons (Fsp3) is 0.300. The molecule has 0 radical (unpaired) electrons. The number of aryl methyl sites for hydroxylation is 1. The van der Waals surface area contributed by atoms with Crippen LogP contribution < -0.4 is 5.32 Å². The van der Waals surface area contributed by atoms with Crippen molar-refractivity contribution in [3.63, 3.8) is 0 Å². The molecule has 0 saturated carbocycles. The second kappa shape index (κ2) is 6.37. The minimum Gasteiger partial charge on any atom is -0.310 e. The van der Waals surface area contributed by atoms with Crippen LogP contribution in [0.15, 0.2) is 42.7 Å². The third kappa shape index (κ3) is 2.77. The van der Waals surface area contributed by atoms with Crippen LogP contribution in [0.2, 0.25) is 0 Å². The summed E-state index contributed by atoms with van der Waals surface area (Å²) in [6.07, 6.45) is 3.74. The van der Waals surface area contributed by atoms with Crippen molar-refractivity contribution in [2.75, 3.05) is 5.32 Å². The van der Waals surface area contributed by atoms with Crippen LogP contribution >= 0.6 is 0 Å². The lowest BCUT2D eigenvalue weighted by Crippen LogP contribution is -2.25. The van der Waals surface area contributed by atoms with Gasteiger partial charge in [-0.1, -0.05) is 38.1 Å². The number of fused-ring (bicyclic) bond motifs is 1. The molecule has 1 atom stereocenters. The number of nitrogens with zero attached hydrogens (tertiary/aromatic N) is 4. The Balaban J connectivity index is 1.81. The van der Waals surface area contributed by atoms with E-state index in [4.69, 9.17) is 0 Å². The lowest BCUT2D eigenvalue weighted by Gasteiger charge is -2.24. The first-order chi connectivity index (χ1) is 12.5. The van der Waals surface area contributed by atoms with Crippen molar-refractivity contribution in [1.82, 2.24) is 19.7 Å². The molecule has 1 amide bonds. The van der Waals surface area contributed by atoms with Crippen LogP contribution in [-0.2, 0) is 4.79 Å². The minimum absolute atomic E-state index is 0.0163. The van der Waals surface area contributed by atoms with Crippen LogP contribution in [0.3, 0.4) is 0 Å². The number of carbonyl (C=O) groups is 1. The first kappa shape index (κ1) is 16.4. The maximum absolute atomic E-state index is 12.4. The van der Waals surface area contributed by atoms with E-state index in [2.05, 4.69) is 58.5 Å². The van der Waals surface area contributed by atoms with Gasteiger partial charge in [-0.15, -0.1) is 0 Å². The van der Waals surface area contributed by atoms with Gasteiger partial charge in [-0.05, 0) is 30.0 Å². The molecule has 26 heavy (non-hydrogen) atoms. The van der Waals surface area contributed by atoms with E-state index in [9.17, 15) is 4.79 Å². The summed E-state index contributed by atoms with van der Waals surface area (Å²) in [5, 5.41) is 7.55. The lowest BCUT2D eigenvalue weighted by molar-refractivity contribution is -0.116. The highest BCUT2D eigenvalue weighted by molar-refractivity contribution is 5.95. The summed E-state index contributed by atoms with van der Waals surface area (Å²) < 4.78 is 1.62. The van der Waals surface area contributed by atoms with Gasteiger partial charge >= 0.3 is 0 Å². The van der Waals surface area contributed by atoms with Crippen molar-refractivity contribution in [2.45, 2.75) is 39.0 Å². The first-order valence-corrected chi connectivity index (χ1v) is 8.81. The third-order valence-electron chi connectivity index (χ3n) is 4.85. The van der Waals surface area contributed by atoms with E-state index in [1.165, 1.54) is 5.56 Å². The largest absolute Gasteiger partial charge is 0.310 e. The number of rotatable bonds is 3. The van der Waals surface area contributed by atoms with E-state index in [1.807, 2.05) is 6.92 Å². The molecule has 0 unspecified atom stereocenters. The van der Waals surface area contributed by atoms with Crippen molar-refractivity contribution in [3.8, 4) is 5.95 Å². The molecule has 0 spiro atoms. The Labute approximate surface area is 152 Å². The van der Waals surface area contributed by atoms with E-state index in [0.29, 0.717) is 24.1 Å². The lowest BCUT2D eigenvalue weighted by atomic mass is 9.85. The Morgan fingerprint density at radius 3 is 2.50 bits per heavy atom. The maximum atomic E-state index is 12.4. The third-order valence-corrected chi connectivity index (χ3v) is 4.85. The second-order valence-electron chi connectivity index (χ2n) is 6.93. The number of hydrogen-bond donors (Lipinski definition) is 1. The predicted octanol–water partition coefficient (Wildman–Crippen LogP) is 3.57. The second-order valence-corrected chi connectivity index (χ2v) is 6.93. The van der Waals surface area contributed by atoms with Gasteiger partial charge < -0.3 is 5.32 Å². The maximum Gasteiger partial charge on any atom is 0.252 e. The Kier molecular flexibility index (Phi) is 4.03. The Morgan fingerprint density at radius 1 is 1.15 bits per heavy atom. The van der Waals surface area contributed by atoms with Gasteiger partial charge in [0.25, 0.3) is 5.95 Å². The summed E-state index contributed by atoms with van der Waals surface area (Å²) in [5.74, 6) is 1.56. The SMILES string of the molecule is Cc1nn(-c2ncccn2)c2c1[C@@H](c1ccc(C(C)C)cc1)CC(=O)N2. The molecule has 3 heterocycles. The molecule has 132 valence electrons. The van der Waals surface area contributed by atoms with E-state index in [1.54, 1.807) is 23.1 Å². The topological polar surface area (TPSA) is 72.7 Å². The molecule has 4 rings (SSSR count). The van der Waals surface area contributed by atoms with E-state index < -0.39 is 0 Å². The number of aromatic nitrogens is 4. The molecule has 6 nitrogen and oxygen atoms in total. The van der Waals surface area contributed by atoms with Crippen molar-refractivity contribution in [1.29, 1.82) is 0 Å². The highest BCUT2D eigenvalue weighted by Crippen LogP contribution is 2.40. The van der Waals surface area contributed by atoms with Gasteiger partial charge in [0.05, 0.1) is 5.69 Å². The highest BCUT2D eigenvalue weighted by Gasteiger charge is 2.33. The number of hydrogen-bond acceptors (Lipinski definition) is 4. The van der Waals surface area contributed by atoms with Crippen molar-refractivity contribution >= 4 is 11.7 Å². The summed E-state index contributed by atoms with van der Waals surface area (Å²) >= 11 is 0. The number of nitrogens with one attached hydrogen (secondary N) is 1. The monoisotopic (exact) mass is 347 g/mol. The summed E-state index contributed by atoms with van der Waals surface area (Å²) in [4.78, 5) is 20.9. The smallest absolute Gasteiger partial charge is 0.252 e. The molecule has 2 aromatic heterocycles. The fourth-order valence-electron chi connectivity index (χ4n) is 3.49. The number of carbonyl (C=O) groups excluding carboxylic acids is 1. The molecule has 6 heteroatoms. The molecule has 0 fully saturated rings. The number of benzene rings is 1. The molecule has 0 bridgehead atoms. The van der Waals surface area contributed by atoms with E-state index >= 15 is 0 Å². The van der Waals surface area contributed by atoms with Crippen LogP contribution in [0.25, 0.3) is 5.95 Å². The molecule has 1 aromatic carbocycles. The van der Waals surface area contributed by atoms with Gasteiger partial charge in [-0.3, -0.25) is 4.79 Å². The molecule has 1 aliphatic rings. The zero-order valence-electron chi connectivity index (χ0n) is 15.1. The highest BCUT2D eigenvalue weighted by atomic mass is 16.1. The van der Waals surface area contributed by atoms with Crippen molar-refractivity contribution in [3.05, 3.63) is 65.1 Å². The zero-order valence-corrected chi connectivity index (χ0v) is 15.1. The molecule has 3 aromatic rings. The van der Waals surface area contributed by atoms with Crippen LogP contribution in [0, 0.1) is 6.92 Å². The van der Waals surface area contributed by atoms with E-state index in [0.717, 1.165) is 16.8 Å². The number of amides is 1. The van der Waals surface area contributed by atoms with Crippen LogP contribution in [0.4, 0.5) is 5.82 Å². The molecular formula is C20H21N5O. The van der Waals surface area contributed by atoms with Gasteiger partial charge in [-0.25, -0.2) is 9.97 Å². The van der Waals surface area contributed by atoms with Crippen LogP contribution in [0.5, 0.6) is 0 Å². The predicted molar refractivity (Wildman–Crippen MR) is 99.5 cm³/mol. The van der Waals surface area contributed by atoms with Crippen LogP contribution in [-0.4, -0.2) is 25.7 Å². The fourth-order valence-corrected chi connectivity index (χ4v) is 3.49. The molecule has 1 N–H and O–H groups in total. The average molecular weight is 347 g/mol. The standard InChI is InChI=1S/C20H21N5O/c1-12(2)14-5-7-15(8-6-14)16-11-17(26)23-19-18(16)13(3)24-25(19)20-21-9-4-10-22-20/h4-10,12,16H,11H2,1-3H3,(H,23,26)/t16-/m1/s1. The van der Waals surface area contributed by atoms with E-state index in [-0.39, 0.29) is 11.8 Å². The average Bonchev–Trinajstić information content (AvgIpc) is 2.98. The van der Waals surface area contributed by atoms with Crippen molar-refractivity contribution in [2.24, 2.45) is 0 Å². The summed E-state index contributed by atoms with van der Waals surface area (Å²) in [5.41, 5.74) is 4.33. The van der Waals surface area contributed by atoms with Gasteiger partial charge in [-0.2, -0.15) is 9.78 Å². The quantitative estimate of drug-likeness (QED) is 0.786. The van der Waals surface area contributed by atoms with Gasteiger partial charge in [0, 0.05) is 30.3 Å². The molecule has 0 aliphatic carbocycles. The zero-order chi connectivity index (χ0) is 18.3. The minimum atomic E-state index is -0.0208. The first-order valence-electron chi connectivity index (χ1n) is 8.81. The number of anilines is 1. The summed E-state index contributed by atoms with van der Waals surface area (Å²) in [6.45, 7) is 6.32. The van der Waals surface area contributed by atoms with Crippen LogP contribution in [0.1, 0.15) is 54.5 Å². The Morgan fingerprint density at radius 2 is 1.85 bits per heavy atom. The van der Waals surface area contributed by atoms with Gasteiger partial charge in [0.2, 0.25) is 5.91 Å². The van der Waals surface area contributed by atoms with Gasteiger partial charge in [0.1, 0.15) is 5.82 Å². The van der Waals surface area contributed by atoms with Gasteiger partial charge in [0.15, 0.2) is 0 Å². The Hall–Kier alpha value is -3.02. The molecular weight excluding hydrogens is 326 g/mol. The molecule has 1 aliphatic heterocycles. The summed E-state index contributed by atoms with van der Waals surface area (Å²) in [7, 11) is 0. The Bertz CT molecular complexity index is 944. The molecule has 0 saturated heterocycles. The van der Waals surface area contributed by atoms with Crippen molar-refractivity contribution < 1.29 is 4.79 Å². The summed E-state index contributed by atoms with van der Waals surface area (Å²) in [6, 6.07) is 10.3.